The zero-order valence-electron chi connectivity index (χ0n) is 15.9. The number of nitrogens with zero attached hydrogens (tertiary/aromatic N) is 3. The summed E-state index contributed by atoms with van der Waals surface area (Å²) in [4.78, 5) is 53.9. The molecule has 0 radical (unpaired) electrons. The lowest BCUT2D eigenvalue weighted by Gasteiger charge is -2.14. The normalized spacial score (nSPS) is 13.0. The van der Waals surface area contributed by atoms with Gasteiger partial charge in [-0.3, -0.25) is 19.7 Å². The summed E-state index contributed by atoms with van der Waals surface area (Å²) in [6.07, 6.45) is 0. The topological polar surface area (TPSA) is 124 Å². The van der Waals surface area contributed by atoms with E-state index in [1.165, 1.54) is 18.2 Å². The van der Waals surface area contributed by atoms with Crippen LogP contribution in [0.3, 0.4) is 0 Å². The first-order valence-corrected chi connectivity index (χ1v) is 10.3. The summed E-state index contributed by atoms with van der Waals surface area (Å²) in [5, 5.41) is 11.4. The second-order valence-electron chi connectivity index (χ2n) is 6.95. The molecular formula is C22H10IN3O6. The number of nitro benzene ring substituents is 1. The van der Waals surface area contributed by atoms with Crippen LogP contribution in [0.25, 0.3) is 22.4 Å². The zero-order chi connectivity index (χ0) is 22.6. The molecule has 5 rings (SSSR count). The van der Waals surface area contributed by atoms with Gasteiger partial charge >= 0.3 is 5.63 Å². The molecule has 1 aliphatic rings. The molecule has 0 saturated heterocycles. The van der Waals surface area contributed by atoms with E-state index in [9.17, 15) is 24.5 Å². The molecule has 156 valence electrons. The number of rotatable bonds is 3. The van der Waals surface area contributed by atoms with Gasteiger partial charge in [-0.25, -0.2) is 14.7 Å². The highest BCUT2D eigenvalue weighted by Gasteiger charge is 2.38. The number of hydrogen-bond acceptors (Lipinski definition) is 7. The molecule has 3 aromatic carbocycles. The molecule has 0 aliphatic carbocycles. The van der Waals surface area contributed by atoms with Crippen molar-refractivity contribution in [3.63, 3.8) is 0 Å². The van der Waals surface area contributed by atoms with Gasteiger partial charge < -0.3 is 4.42 Å². The Kier molecular flexibility index (Phi) is 4.59. The number of anilines is 1. The maximum atomic E-state index is 12.9. The van der Waals surface area contributed by atoms with E-state index in [2.05, 4.69) is 27.6 Å². The van der Waals surface area contributed by atoms with Crippen LogP contribution >= 0.6 is 22.6 Å². The zero-order valence-corrected chi connectivity index (χ0v) is 18.1. The van der Waals surface area contributed by atoms with Gasteiger partial charge in [0.05, 0.1) is 32.6 Å². The second-order valence-corrected chi connectivity index (χ2v) is 8.20. The van der Waals surface area contributed by atoms with Gasteiger partial charge in [-0.1, -0.05) is 6.07 Å². The van der Waals surface area contributed by atoms with Crippen molar-refractivity contribution in [3.05, 3.63) is 95.9 Å². The maximum absolute atomic E-state index is 12.9. The molecule has 4 aromatic rings. The summed E-state index contributed by atoms with van der Waals surface area (Å²) in [6, 6.07) is 15.0. The Morgan fingerprint density at radius 3 is 2.50 bits per heavy atom. The molecule has 1 aliphatic heterocycles. The van der Waals surface area contributed by atoms with Crippen molar-refractivity contribution in [1.82, 2.24) is 4.98 Å². The molecule has 2 amide bonds. The SMILES string of the molecule is O=C1c2ccc([N+](=O)[O-])cc2C(=O)N1c1cccc(-c2nc3ccc(I)cc3c(=O)o2)c1. The average Bonchev–Trinajstić information content (AvgIpc) is 3.03. The van der Waals surface area contributed by atoms with Crippen LogP contribution < -0.4 is 10.5 Å². The van der Waals surface area contributed by atoms with Crippen LogP contribution in [0.15, 0.2) is 69.9 Å². The molecule has 0 spiro atoms. The Bertz CT molecular complexity index is 1540. The summed E-state index contributed by atoms with van der Waals surface area (Å²) in [6.45, 7) is 0. The number of imide groups is 1. The lowest BCUT2D eigenvalue weighted by atomic mass is 10.1. The van der Waals surface area contributed by atoms with Crippen molar-refractivity contribution in [2.75, 3.05) is 4.90 Å². The van der Waals surface area contributed by atoms with E-state index in [4.69, 9.17) is 4.42 Å². The molecule has 9 nitrogen and oxygen atoms in total. The Balaban J connectivity index is 1.58. The molecule has 0 unspecified atom stereocenters. The number of carbonyl (C=O) groups excluding carboxylic acids is 2. The van der Waals surface area contributed by atoms with Crippen LogP contribution in [0.1, 0.15) is 20.7 Å². The first kappa shape index (κ1) is 20.0. The molecule has 0 fully saturated rings. The summed E-state index contributed by atoms with van der Waals surface area (Å²) in [7, 11) is 0. The molecule has 2 heterocycles. The number of aromatic nitrogens is 1. The van der Waals surface area contributed by atoms with Crippen LogP contribution in [0.5, 0.6) is 0 Å². The van der Waals surface area contributed by atoms with Crippen molar-refractivity contribution >= 4 is 56.7 Å². The predicted molar refractivity (Wildman–Crippen MR) is 123 cm³/mol. The second kappa shape index (κ2) is 7.34. The summed E-state index contributed by atoms with van der Waals surface area (Å²) in [5.74, 6) is -1.23. The van der Waals surface area contributed by atoms with Gasteiger partial charge in [0.15, 0.2) is 0 Å². The third-order valence-corrected chi connectivity index (χ3v) is 5.69. The molecule has 0 atom stereocenters. The number of benzene rings is 3. The molecule has 0 N–H and O–H groups in total. The average molecular weight is 539 g/mol. The van der Waals surface area contributed by atoms with E-state index in [1.807, 2.05) is 6.07 Å². The summed E-state index contributed by atoms with van der Waals surface area (Å²) < 4.78 is 6.24. The number of nitro groups is 1. The van der Waals surface area contributed by atoms with Crippen LogP contribution in [-0.2, 0) is 0 Å². The number of amides is 2. The van der Waals surface area contributed by atoms with Crippen molar-refractivity contribution in [3.8, 4) is 11.5 Å². The van der Waals surface area contributed by atoms with E-state index in [-0.39, 0.29) is 28.4 Å². The molecule has 10 heteroatoms. The summed E-state index contributed by atoms with van der Waals surface area (Å²) >= 11 is 2.09. The highest BCUT2D eigenvalue weighted by Crippen LogP contribution is 2.32. The first-order valence-electron chi connectivity index (χ1n) is 9.21. The minimum atomic E-state index is -0.673. The molecule has 1 aromatic heterocycles. The number of carbonyl (C=O) groups is 2. The van der Waals surface area contributed by atoms with Gasteiger partial charge in [-0.05, 0) is 65.1 Å². The number of fused-ring (bicyclic) bond motifs is 2. The van der Waals surface area contributed by atoms with Gasteiger partial charge in [-0.15, -0.1) is 0 Å². The quantitative estimate of drug-likeness (QED) is 0.166. The van der Waals surface area contributed by atoms with Crippen LogP contribution in [0, 0.1) is 13.7 Å². The molecular weight excluding hydrogens is 529 g/mol. The largest absolute Gasteiger partial charge is 0.403 e. The van der Waals surface area contributed by atoms with E-state index in [1.54, 1.807) is 30.3 Å². The van der Waals surface area contributed by atoms with Crippen LogP contribution in [0.4, 0.5) is 11.4 Å². The number of hydrogen-bond donors (Lipinski definition) is 0. The highest BCUT2D eigenvalue weighted by atomic mass is 127. The van der Waals surface area contributed by atoms with Crippen molar-refractivity contribution in [2.24, 2.45) is 0 Å². The third-order valence-electron chi connectivity index (χ3n) is 5.02. The van der Waals surface area contributed by atoms with Crippen LogP contribution in [0.2, 0.25) is 0 Å². The Morgan fingerprint density at radius 2 is 1.72 bits per heavy atom. The van der Waals surface area contributed by atoms with E-state index >= 15 is 0 Å². The van der Waals surface area contributed by atoms with Gasteiger partial charge in [0.2, 0.25) is 5.89 Å². The van der Waals surface area contributed by atoms with Crippen molar-refractivity contribution in [1.29, 1.82) is 0 Å². The fourth-order valence-corrected chi connectivity index (χ4v) is 4.01. The molecule has 32 heavy (non-hydrogen) atoms. The van der Waals surface area contributed by atoms with E-state index in [0.717, 1.165) is 14.5 Å². The van der Waals surface area contributed by atoms with Gasteiger partial charge in [0.25, 0.3) is 17.5 Å². The Morgan fingerprint density at radius 1 is 0.938 bits per heavy atom. The minimum Gasteiger partial charge on any atom is -0.403 e. The third kappa shape index (κ3) is 3.15. The standard InChI is InChI=1S/C22H10IN3O6/c23-12-4-7-18-17(9-12)22(29)32-19(24-18)11-2-1-3-13(8-11)25-20(27)15-6-5-14(26(30)31)10-16(15)21(25)28/h1-10H. The Hall–Kier alpha value is -3.93. The van der Waals surface area contributed by atoms with Crippen molar-refractivity contribution < 1.29 is 18.9 Å². The first-order chi connectivity index (χ1) is 15.3. The van der Waals surface area contributed by atoms with Gasteiger partial charge in [0, 0.05) is 21.3 Å². The fraction of sp³-hybridized carbons (Fsp3) is 0. The van der Waals surface area contributed by atoms with Gasteiger partial charge in [0.1, 0.15) is 0 Å². The van der Waals surface area contributed by atoms with Crippen LogP contribution in [-0.4, -0.2) is 21.7 Å². The number of halogens is 1. The lowest BCUT2D eigenvalue weighted by molar-refractivity contribution is -0.384. The van der Waals surface area contributed by atoms with Gasteiger partial charge in [-0.2, -0.15) is 0 Å². The number of non-ortho nitro benzene ring substituents is 1. The monoisotopic (exact) mass is 539 g/mol. The minimum absolute atomic E-state index is 0.0396. The Labute approximate surface area is 192 Å². The smallest absolute Gasteiger partial charge is 0.347 e. The maximum Gasteiger partial charge on any atom is 0.347 e. The van der Waals surface area contributed by atoms with E-state index in [0.29, 0.717) is 16.5 Å². The fourth-order valence-electron chi connectivity index (χ4n) is 3.52. The van der Waals surface area contributed by atoms with E-state index < -0.39 is 22.4 Å². The molecule has 0 bridgehead atoms. The predicted octanol–water partition coefficient (Wildman–Crippen LogP) is 4.17. The lowest BCUT2D eigenvalue weighted by Crippen LogP contribution is -2.29. The summed E-state index contributed by atoms with van der Waals surface area (Å²) in [5.41, 5.74) is 0.274. The highest BCUT2D eigenvalue weighted by molar-refractivity contribution is 14.1. The molecule has 0 saturated carbocycles. The van der Waals surface area contributed by atoms with Crippen molar-refractivity contribution in [2.45, 2.75) is 0 Å².